The second-order valence-electron chi connectivity index (χ2n) is 6.04. The van der Waals surface area contributed by atoms with Gasteiger partial charge in [0.1, 0.15) is 0 Å². The molecule has 0 N–H and O–H groups in total. The second-order valence-corrected chi connectivity index (χ2v) is 6.86. The van der Waals surface area contributed by atoms with Crippen molar-refractivity contribution in [1.82, 2.24) is 0 Å². The molecule has 0 fully saturated rings. The maximum absolute atomic E-state index is 11.5. The van der Waals surface area contributed by atoms with Crippen LogP contribution in [0, 0.1) is 0 Å². The Hall–Kier alpha value is -1.71. The van der Waals surface area contributed by atoms with Gasteiger partial charge in [0.2, 0.25) is 0 Å². The summed E-state index contributed by atoms with van der Waals surface area (Å²) in [5.41, 5.74) is 2.24. The second kappa shape index (κ2) is 11.8. The summed E-state index contributed by atoms with van der Waals surface area (Å²) in [6.45, 7) is 0.728. The van der Waals surface area contributed by atoms with Crippen molar-refractivity contribution in [3.05, 3.63) is 69.7 Å². The Balaban J connectivity index is 1.48. The van der Waals surface area contributed by atoms with Crippen LogP contribution in [-0.2, 0) is 22.3 Å². The molecule has 0 spiro atoms. The molecule has 3 nitrogen and oxygen atoms in total. The number of rotatable bonds is 10. The average Bonchev–Trinajstić information content (AvgIpc) is 2.64. The maximum atomic E-state index is 11.5. The van der Waals surface area contributed by atoms with Crippen LogP contribution in [0.25, 0.3) is 0 Å². The lowest BCUT2D eigenvalue weighted by Crippen LogP contribution is -2.09. The molecule has 0 aliphatic rings. The number of aryl methyl sites for hydroxylation is 2. The van der Waals surface area contributed by atoms with Gasteiger partial charge in [-0.3, -0.25) is 0 Å². The van der Waals surface area contributed by atoms with Gasteiger partial charge < -0.3 is 9.47 Å². The lowest BCUT2D eigenvalue weighted by atomic mass is 10.1. The van der Waals surface area contributed by atoms with Gasteiger partial charge in [0, 0.05) is 10.0 Å². The SMILES string of the molecule is O=C(OCCCCc1ccccc1Cl)OCCCCc1ccccc1Cl. The van der Waals surface area contributed by atoms with Gasteiger partial charge in [-0.25, -0.2) is 4.79 Å². The zero-order valence-corrected chi connectivity index (χ0v) is 16.3. The largest absolute Gasteiger partial charge is 0.508 e. The highest BCUT2D eigenvalue weighted by Gasteiger charge is 2.05. The number of halogens is 2. The third-order valence-electron chi connectivity index (χ3n) is 4.04. The fourth-order valence-electron chi connectivity index (χ4n) is 2.59. The van der Waals surface area contributed by atoms with E-state index in [1.54, 1.807) is 0 Å². The molecule has 2 aromatic carbocycles. The summed E-state index contributed by atoms with van der Waals surface area (Å²) in [6.07, 6.45) is 4.55. The number of benzene rings is 2. The summed E-state index contributed by atoms with van der Waals surface area (Å²) in [5.74, 6) is 0. The predicted molar refractivity (Wildman–Crippen MR) is 106 cm³/mol. The molecule has 0 unspecified atom stereocenters. The standard InChI is InChI=1S/C21H24Cl2O3/c22-19-13-3-1-9-17(19)11-5-7-15-25-21(24)26-16-8-6-12-18-10-2-4-14-20(18)23/h1-4,9-10,13-14H,5-8,11-12,15-16H2. The molecule has 0 aromatic heterocycles. The number of unbranched alkanes of at least 4 members (excludes halogenated alkanes) is 2. The smallest absolute Gasteiger partial charge is 0.434 e. The molecule has 0 aliphatic carbocycles. The fourth-order valence-corrected chi connectivity index (χ4v) is 3.05. The van der Waals surface area contributed by atoms with Crippen molar-refractivity contribution in [2.24, 2.45) is 0 Å². The Morgan fingerprint density at radius 1 is 0.692 bits per heavy atom. The quantitative estimate of drug-likeness (QED) is 0.341. The summed E-state index contributed by atoms with van der Waals surface area (Å²) >= 11 is 12.2. The minimum atomic E-state index is -0.597. The van der Waals surface area contributed by atoms with Crippen LogP contribution in [0.15, 0.2) is 48.5 Å². The van der Waals surface area contributed by atoms with Crippen molar-refractivity contribution in [3.63, 3.8) is 0 Å². The summed E-state index contributed by atoms with van der Waals surface area (Å²) in [5, 5.41) is 1.56. The Kier molecular flexibility index (Phi) is 9.36. The molecule has 0 atom stereocenters. The van der Waals surface area contributed by atoms with Crippen LogP contribution in [0.3, 0.4) is 0 Å². The highest BCUT2D eigenvalue weighted by atomic mass is 35.5. The van der Waals surface area contributed by atoms with Gasteiger partial charge in [-0.05, 0) is 61.8 Å². The van der Waals surface area contributed by atoms with Crippen LogP contribution < -0.4 is 0 Å². The number of hydrogen-bond donors (Lipinski definition) is 0. The number of ether oxygens (including phenoxy) is 2. The van der Waals surface area contributed by atoms with Crippen molar-refractivity contribution >= 4 is 29.4 Å². The maximum Gasteiger partial charge on any atom is 0.508 e. The minimum Gasteiger partial charge on any atom is -0.434 e. The summed E-state index contributed by atoms with van der Waals surface area (Å²) in [7, 11) is 0. The van der Waals surface area contributed by atoms with E-state index in [4.69, 9.17) is 32.7 Å². The Bertz CT molecular complexity index is 631. The van der Waals surface area contributed by atoms with Crippen molar-refractivity contribution in [2.45, 2.75) is 38.5 Å². The van der Waals surface area contributed by atoms with Gasteiger partial charge in [0.25, 0.3) is 0 Å². The monoisotopic (exact) mass is 394 g/mol. The van der Waals surface area contributed by atoms with Gasteiger partial charge in [0.15, 0.2) is 0 Å². The van der Waals surface area contributed by atoms with E-state index in [1.807, 2.05) is 48.5 Å². The van der Waals surface area contributed by atoms with Crippen molar-refractivity contribution in [1.29, 1.82) is 0 Å². The molecule has 2 rings (SSSR count). The highest BCUT2D eigenvalue weighted by molar-refractivity contribution is 6.31. The van der Waals surface area contributed by atoms with E-state index in [0.29, 0.717) is 13.2 Å². The molecule has 140 valence electrons. The van der Waals surface area contributed by atoms with Crippen LogP contribution >= 0.6 is 23.2 Å². The van der Waals surface area contributed by atoms with Crippen molar-refractivity contribution in [3.8, 4) is 0 Å². The van der Waals surface area contributed by atoms with Crippen molar-refractivity contribution < 1.29 is 14.3 Å². The number of carbonyl (C=O) groups is 1. The van der Waals surface area contributed by atoms with Gasteiger partial charge >= 0.3 is 6.16 Å². The Morgan fingerprint density at radius 2 is 1.12 bits per heavy atom. The normalized spacial score (nSPS) is 10.5. The predicted octanol–water partition coefficient (Wildman–Crippen LogP) is 6.49. The molecule has 0 radical (unpaired) electrons. The molecule has 2 aromatic rings. The van der Waals surface area contributed by atoms with E-state index in [0.717, 1.165) is 59.7 Å². The first-order valence-electron chi connectivity index (χ1n) is 8.93. The van der Waals surface area contributed by atoms with E-state index >= 15 is 0 Å². The third-order valence-corrected chi connectivity index (χ3v) is 4.77. The average molecular weight is 395 g/mol. The third kappa shape index (κ3) is 7.67. The van der Waals surface area contributed by atoms with Crippen LogP contribution in [0.5, 0.6) is 0 Å². The van der Waals surface area contributed by atoms with E-state index in [-0.39, 0.29) is 0 Å². The minimum absolute atomic E-state index is 0.364. The molecule has 0 saturated heterocycles. The molecular weight excluding hydrogens is 371 g/mol. The molecule has 26 heavy (non-hydrogen) atoms. The van der Waals surface area contributed by atoms with Gasteiger partial charge in [-0.15, -0.1) is 0 Å². The lowest BCUT2D eigenvalue weighted by molar-refractivity contribution is 0.0532. The summed E-state index contributed by atoms with van der Waals surface area (Å²) in [6, 6.07) is 15.6. The topological polar surface area (TPSA) is 35.5 Å². The molecule has 0 saturated carbocycles. The van der Waals surface area contributed by atoms with Gasteiger partial charge in [-0.1, -0.05) is 59.6 Å². The van der Waals surface area contributed by atoms with Crippen LogP contribution in [0.1, 0.15) is 36.8 Å². The Morgan fingerprint density at radius 3 is 1.54 bits per heavy atom. The first-order chi connectivity index (χ1) is 12.7. The molecule has 5 heteroatoms. The first kappa shape index (κ1) is 20.6. The molecule has 0 bridgehead atoms. The summed E-state index contributed by atoms with van der Waals surface area (Å²) < 4.78 is 10.2. The number of carbonyl (C=O) groups excluding carboxylic acids is 1. The molecule has 0 amide bonds. The van der Waals surface area contributed by atoms with E-state index < -0.39 is 6.16 Å². The zero-order chi connectivity index (χ0) is 18.6. The van der Waals surface area contributed by atoms with E-state index in [1.165, 1.54) is 0 Å². The highest BCUT2D eigenvalue weighted by Crippen LogP contribution is 2.18. The van der Waals surface area contributed by atoms with Crippen molar-refractivity contribution in [2.75, 3.05) is 13.2 Å². The van der Waals surface area contributed by atoms with Gasteiger partial charge in [0.05, 0.1) is 13.2 Å². The van der Waals surface area contributed by atoms with Crippen LogP contribution in [-0.4, -0.2) is 19.4 Å². The van der Waals surface area contributed by atoms with Crippen LogP contribution in [0.4, 0.5) is 4.79 Å². The van der Waals surface area contributed by atoms with Crippen LogP contribution in [0.2, 0.25) is 10.0 Å². The van der Waals surface area contributed by atoms with Gasteiger partial charge in [-0.2, -0.15) is 0 Å². The van der Waals surface area contributed by atoms with E-state index in [9.17, 15) is 4.79 Å². The molecular formula is C21H24Cl2O3. The summed E-state index contributed by atoms with van der Waals surface area (Å²) in [4.78, 5) is 11.5. The van der Waals surface area contributed by atoms with E-state index in [2.05, 4.69) is 0 Å². The lowest BCUT2D eigenvalue weighted by Gasteiger charge is -2.07. The fraction of sp³-hybridized carbons (Fsp3) is 0.381. The molecule has 0 aliphatic heterocycles. The number of hydrogen-bond acceptors (Lipinski definition) is 3. The Labute approximate surface area is 165 Å². The first-order valence-corrected chi connectivity index (χ1v) is 9.69. The zero-order valence-electron chi connectivity index (χ0n) is 14.8. The molecule has 0 heterocycles.